The normalized spacial score (nSPS) is 21.6. The first-order valence-corrected chi connectivity index (χ1v) is 8.14. The van der Waals surface area contributed by atoms with Crippen molar-refractivity contribution in [2.45, 2.75) is 19.0 Å². The Bertz CT molecular complexity index is 629. The van der Waals surface area contributed by atoms with Crippen LogP contribution in [0, 0.1) is 6.92 Å². The first kappa shape index (κ1) is 14.4. The lowest BCUT2D eigenvalue weighted by atomic mass is 10.0. The number of pyridine rings is 1. The summed E-state index contributed by atoms with van der Waals surface area (Å²) in [7, 11) is 0. The number of aryl methyl sites for hydroxylation is 1. The molecule has 0 saturated carbocycles. The standard InChI is InChI=1S/C15H17N3OS2/c1-10-5-9-21-14(10)13-12(11-4-2-3-6-16-11)17-15(20)18(13)7-8-19/h2-6,9,12-13,19H,7-8H2,1H3,(H,17,20)/t12-,13-/m1/s1. The molecule has 0 spiro atoms. The third kappa shape index (κ3) is 2.66. The molecule has 2 N–H and O–H groups in total. The van der Waals surface area contributed by atoms with Crippen molar-refractivity contribution in [2.75, 3.05) is 13.2 Å². The average molecular weight is 319 g/mol. The second kappa shape index (κ2) is 6.09. The minimum absolute atomic E-state index is 0.0163. The van der Waals surface area contributed by atoms with Crippen LogP contribution < -0.4 is 5.32 Å². The smallest absolute Gasteiger partial charge is 0.170 e. The van der Waals surface area contributed by atoms with E-state index in [1.54, 1.807) is 17.5 Å². The number of thiophene rings is 1. The van der Waals surface area contributed by atoms with Gasteiger partial charge >= 0.3 is 0 Å². The topological polar surface area (TPSA) is 48.4 Å². The third-order valence-corrected chi connectivity index (χ3v) is 5.15. The molecule has 0 bridgehead atoms. The molecule has 1 aliphatic heterocycles. The van der Waals surface area contributed by atoms with Crippen LogP contribution in [0.25, 0.3) is 0 Å². The van der Waals surface area contributed by atoms with Crippen LogP contribution in [-0.2, 0) is 0 Å². The summed E-state index contributed by atoms with van der Waals surface area (Å²) in [6.45, 7) is 2.72. The fourth-order valence-electron chi connectivity index (χ4n) is 2.73. The van der Waals surface area contributed by atoms with E-state index in [2.05, 4.69) is 33.6 Å². The predicted molar refractivity (Wildman–Crippen MR) is 88.3 cm³/mol. The lowest BCUT2D eigenvalue weighted by Gasteiger charge is -2.26. The monoisotopic (exact) mass is 319 g/mol. The highest BCUT2D eigenvalue weighted by Crippen LogP contribution is 2.41. The minimum Gasteiger partial charge on any atom is -0.395 e. The van der Waals surface area contributed by atoms with E-state index in [-0.39, 0.29) is 18.7 Å². The van der Waals surface area contributed by atoms with Gasteiger partial charge in [0.15, 0.2) is 5.11 Å². The molecule has 21 heavy (non-hydrogen) atoms. The van der Waals surface area contributed by atoms with Gasteiger partial charge in [0, 0.05) is 17.6 Å². The van der Waals surface area contributed by atoms with Gasteiger partial charge in [-0.3, -0.25) is 4.98 Å². The third-order valence-electron chi connectivity index (χ3n) is 3.71. The first-order chi connectivity index (χ1) is 10.2. The number of aromatic nitrogens is 1. The number of β-amino-alcohol motifs (C(OH)–C–C–N with tert-alkyl or cyclic N) is 1. The Morgan fingerprint density at radius 3 is 2.90 bits per heavy atom. The van der Waals surface area contributed by atoms with Crippen LogP contribution in [0.15, 0.2) is 35.8 Å². The summed E-state index contributed by atoms with van der Waals surface area (Å²) >= 11 is 7.18. The summed E-state index contributed by atoms with van der Waals surface area (Å²) in [5.41, 5.74) is 2.22. The Labute approximate surface area is 133 Å². The molecule has 2 atom stereocenters. The zero-order chi connectivity index (χ0) is 14.8. The molecule has 6 heteroatoms. The molecule has 3 heterocycles. The lowest BCUT2D eigenvalue weighted by Crippen LogP contribution is -2.32. The average Bonchev–Trinajstić information content (AvgIpc) is 3.05. The SMILES string of the molecule is Cc1ccsc1[C@H]1[C@@H](c2ccccn2)NC(=S)N1CCO. The molecular weight excluding hydrogens is 302 g/mol. The second-order valence-corrected chi connectivity index (χ2v) is 6.35. The van der Waals surface area contributed by atoms with Crippen molar-refractivity contribution in [1.29, 1.82) is 0 Å². The molecule has 3 rings (SSSR count). The van der Waals surface area contributed by atoms with Crippen molar-refractivity contribution < 1.29 is 5.11 Å². The van der Waals surface area contributed by atoms with Crippen LogP contribution in [0.5, 0.6) is 0 Å². The van der Waals surface area contributed by atoms with Crippen LogP contribution in [0.3, 0.4) is 0 Å². The molecule has 2 aromatic heterocycles. The summed E-state index contributed by atoms with van der Waals surface area (Å²) in [6, 6.07) is 8.13. The number of aliphatic hydroxyl groups is 1. The van der Waals surface area contributed by atoms with E-state index in [0.717, 1.165) is 5.69 Å². The van der Waals surface area contributed by atoms with Gasteiger partial charge in [-0.2, -0.15) is 0 Å². The molecule has 1 saturated heterocycles. The van der Waals surface area contributed by atoms with Crippen molar-refractivity contribution >= 4 is 28.7 Å². The highest BCUT2D eigenvalue weighted by atomic mass is 32.1. The molecule has 2 aromatic rings. The Morgan fingerprint density at radius 1 is 1.43 bits per heavy atom. The first-order valence-electron chi connectivity index (χ1n) is 6.85. The van der Waals surface area contributed by atoms with E-state index in [1.165, 1.54) is 10.4 Å². The van der Waals surface area contributed by atoms with E-state index in [0.29, 0.717) is 11.7 Å². The van der Waals surface area contributed by atoms with Gasteiger partial charge in [-0.05, 0) is 48.3 Å². The molecule has 0 radical (unpaired) electrons. The molecule has 110 valence electrons. The molecule has 1 aliphatic rings. The Hall–Kier alpha value is -1.50. The highest BCUT2D eigenvalue weighted by Gasteiger charge is 2.40. The second-order valence-electron chi connectivity index (χ2n) is 5.01. The van der Waals surface area contributed by atoms with Crippen molar-refractivity contribution in [3.8, 4) is 0 Å². The molecule has 4 nitrogen and oxygen atoms in total. The number of nitrogens with zero attached hydrogens (tertiary/aromatic N) is 2. The van der Waals surface area contributed by atoms with Crippen molar-refractivity contribution in [1.82, 2.24) is 15.2 Å². The van der Waals surface area contributed by atoms with Gasteiger partial charge in [-0.15, -0.1) is 11.3 Å². The Balaban J connectivity index is 2.03. The highest BCUT2D eigenvalue weighted by molar-refractivity contribution is 7.80. The molecule has 0 aliphatic carbocycles. The van der Waals surface area contributed by atoms with Gasteiger partial charge in [0.25, 0.3) is 0 Å². The lowest BCUT2D eigenvalue weighted by molar-refractivity contribution is 0.224. The zero-order valence-corrected chi connectivity index (χ0v) is 13.3. The van der Waals surface area contributed by atoms with E-state index in [4.69, 9.17) is 12.2 Å². The van der Waals surface area contributed by atoms with Gasteiger partial charge < -0.3 is 15.3 Å². The number of hydrogen-bond acceptors (Lipinski definition) is 4. The summed E-state index contributed by atoms with van der Waals surface area (Å²) in [4.78, 5) is 7.81. The molecule has 0 amide bonds. The van der Waals surface area contributed by atoms with Crippen molar-refractivity contribution in [3.63, 3.8) is 0 Å². The number of thiocarbonyl (C=S) groups is 1. The fourth-order valence-corrected chi connectivity index (χ4v) is 4.13. The van der Waals surface area contributed by atoms with Crippen LogP contribution in [0.2, 0.25) is 0 Å². The maximum absolute atomic E-state index is 9.34. The number of hydrogen-bond donors (Lipinski definition) is 2. The summed E-state index contributed by atoms with van der Waals surface area (Å²) in [5.74, 6) is 0. The largest absolute Gasteiger partial charge is 0.395 e. The van der Waals surface area contributed by atoms with Gasteiger partial charge in [0.05, 0.1) is 24.4 Å². The van der Waals surface area contributed by atoms with E-state index in [1.807, 2.05) is 18.2 Å². The molecule has 0 unspecified atom stereocenters. The molecule has 1 fully saturated rings. The van der Waals surface area contributed by atoms with E-state index >= 15 is 0 Å². The number of rotatable bonds is 4. The van der Waals surface area contributed by atoms with Crippen LogP contribution in [0.4, 0.5) is 0 Å². The van der Waals surface area contributed by atoms with Gasteiger partial charge in [-0.25, -0.2) is 0 Å². The fraction of sp³-hybridized carbons (Fsp3) is 0.333. The Kier molecular flexibility index (Phi) is 4.19. The van der Waals surface area contributed by atoms with Crippen LogP contribution in [0.1, 0.15) is 28.2 Å². The van der Waals surface area contributed by atoms with E-state index in [9.17, 15) is 5.11 Å². The quantitative estimate of drug-likeness (QED) is 0.848. The van der Waals surface area contributed by atoms with Crippen molar-refractivity contribution in [3.05, 3.63) is 52.0 Å². The maximum atomic E-state index is 9.34. The number of nitrogens with one attached hydrogen (secondary N) is 1. The minimum atomic E-state index is 0.0163. The summed E-state index contributed by atoms with van der Waals surface area (Å²) in [5, 5.41) is 15.5. The van der Waals surface area contributed by atoms with Gasteiger partial charge in [-0.1, -0.05) is 6.07 Å². The van der Waals surface area contributed by atoms with Crippen LogP contribution >= 0.6 is 23.6 Å². The Morgan fingerprint density at radius 2 is 2.29 bits per heavy atom. The van der Waals surface area contributed by atoms with E-state index < -0.39 is 0 Å². The zero-order valence-electron chi connectivity index (χ0n) is 11.7. The van der Waals surface area contributed by atoms with Crippen LogP contribution in [-0.4, -0.2) is 33.3 Å². The molecular formula is C15H17N3OS2. The predicted octanol–water partition coefficient (Wildman–Crippen LogP) is 2.42. The summed E-state index contributed by atoms with van der Waals surface area (Å²) in [6.07, 6.45) is 1.80. The maximum Gasteiger partial charge on any atom is 0.170 e. The molecule has 0 aromatic carbocycles. The summed E-state index contributed by atoms with van der Waals surface area (Å²) < 4.78 is 0. The van der Waals surface area contributed by atoms with Gasteiger partial charge in [0.2, 0.25) is 0 Å². The van der Waals surface area contributed by atoms with Crippen molar-refractivity contribution in [2.24, 2.45) is 0 Å². The van der Waals surface area contributed by atoms with Gasteiger partial charge in [0.1, 0.15) is 0 Å². The number of aliphatic hydroxyl groups excluding tert-OH is 1.